The summed E-state index contributed by atoms with van der Waals surface area (Å²) in [6.07, 6.45) is 6.01. The molecule has 0 N–H and O–H groups in total. The first kappa shape index (κ1) is 17.5. The normalized spacial score (nSPS) is 14.0. The van der Waals surface area contributed by atoms with Gasteiger partial charge in [0, 0.05) is 25.5 Å². The summed E-state index contributed by atoms with van der Waals surface area (Å²) in [5.41, 5.74) is 1.71. The van der Waals surface area contributed by atoms with E-state index in [1.807, 2.05) is 6.20 Å². The fourth-order valence-corrected chi connectivity index (χ4v) is 3.41. The molecule has 0 aliphatic heterocycles. The van der Waals surface area contributed by atoms with Crippen molar-refractivity contribution in [3.05, 3.63) is 52.5 Å². The second kappa shape index (κ2) is 7.03. The first-order chi connectivity index (χ1) is 13.1. The van der Waals surface area contributed by atoms with E-state index in [2.05, 4.69) is 9.55 Å². The summed E-state index contributed by atoms with van der Waals surface area (Å²) in [5.74, 6) is 0.411. The molecule has 1 aliphatic carbocycles. The van der Waals surface area contributed by atoms with E-state index >= 15 is 0 Å². The van der Waals surface area contributed by atoms with Gasteiger partial charge in [0.25, 0.3) is 0 Å². The highest BCUT2D eigenvalue weighted by Crippen LogP contribution is 2.35. The Morgan fingerprint density at radius 1 is 1.22 bits per heavy atom. The van der Waals surface area contributed by atoms with Crippen LogP contribution in [0.5, 0.6) is 0 Å². The Bertz CT molecular complexity index is 1040. The van der Waals surface area contributed by atoms with Crippen LogP contribution in [-0.2, 0) is 22.6 Å². The maximum atomic E-state index is 13.1. The van der Waals surface area contributed by atoms with Gasteiger partial charge in [0.1, 0.15) is 5.82 Å². The monoisotopic (exact) mass is 370 g/mol. The predicted octanol–water partition coefficient (Wildman–Crippen LogP) is 1.82. The van der Waals surface area contributed by atoms with Crippen molar-refractivity contribution >= 4 is 17.0 Å². The van der Waals surface area contributed by atoms with Crippen molar-refractivity contribution in [2.45, 2.75) is 32.0 Å². The lowest BCUT2D eigenvalue weighted by atomic mass is 10.2. The molecule has 0 radical (unpaired) electrons. The van der Waals surface area contributed by atoms with Gasteiger partial charge in [0.15, 0.2) is 0 Å². The van der Waals surface area contributed by atoms with Crippen molar-refractivity contribution in [3.63, 3.8) is 0 Å². The number of methoxy groups -OCH3 is 2. The molecule has 2 aromatic heterocycles. The van der Waals surface area contributed by atoms with E-state index in [0.717, 1.165) is 24.2 Å². The van der Waals surface area contributed by atoms with Crippen LogP contribution in [0.25, 0.3) is 11.0 Å². The molecular weight excluding hydrogens is 348 g/mol. The third-order valence-electron chi connectivity index (χ3n) is 4.95. The van der Waals surface area contributed by atoms with E-state index in [4.69, 9.17) is 9.47 Å². The van der Waals surface area contributed by atoms with Crippen molar-refractivity contribution in [3.8, 4) is 0 Å². The molecule has 1 aliphatic rings. The van der Waals surface area contributed by atoms with E-state index in [1.54, 1.807) is 40.6 Å². The minimum Gasteiger partial charge on any atom is -0.465 e. The number of benzene rings is 1. The van der Waals surface area contributed by atoms with Gasteiger partial charge in [0.2, 0.25) is 0 Å². The summed E-state index contributed by atoms with van der Waals surface area (Å²) in [6.45, 7) is 1.21. The van der Waals surface area contributed by atoms with Gasteiger partial charge in [-0.2, -0.15) is 0 Å². The standard InChI is InChI=1S/C19H22N4O4/c1-26-10-9-22-15-6-3-13(18(24)27-2)11-16(15)23(19(22)25)12-17-20-7-8-21(17)14-4-5-14/h3,6-8,11,14H,4-5,9-10,12H2,1-2H3. The molecule has 27 heavy (non-hydrogen) atoms. The van der Waals surface area contributed by atoms with Crippen LogP contribution in [0, 0.1) is 0 Å². The number of carbonyl (C=O) groups excluding carboxylic acids is 1. The van der Waals surface area contributed by atoms with E-state index < -0.39 is 5.97 Å². The largest absolute Gasteiger partial charge is 0.465 e. The Morgan fingerprint density at radius 3 is 2.74 bits per heavy atom. The Morgan fingerprint density at radius 2 is 2.04 bits per heavy atom. The van der Waals surface area contributed by atoms with Crippen LogP contribution >= 0.6 is 0 Å². The van der Waals surface area contributed by atoms with Gasteiger partial charge in [-0.15, -0.1) is 0 Å². The van der Waals surface area contributed by atoms with Crippen LogP contribution in [0.2, 0.25) is 0 Å². The summed E-state index contributed by atoms with van der Waals surface area (Å²) in [5, 5.41) is 0. The maximum Gasteiger partial charge on any atom is 0.337 e. The maximum absolute atomic E-state index is 13.1. The van der Waals surface area contributed by atoms with Crippen LogP contribution in [0.4, 0.5) is 0 Å². The summed E-state index contributed by atoms with van der Waals surface area (Å²) < 4.78 is 15.4. The number of nitrogens with zero attached hydrogens (tertiary/aromatic N) is 4. The Kier molecular flexibility index (Phi) is 4.57. The third-order valence-corrected chi connectivity index (χ3v) is 4.95. The number of hydrogen-bond acceptors (Lipinski definition) is 5. The van der Waals surface area contributed by atoms with Crippen LogP contribution in [0.1, 0.15) is 35.1 Å². The lowest BCUT2D eigenvalue weighted by molar-refractivity contribution is 0.0601. The zero-order valence-corrected chi connectivity index (χ0v) is 15.4. The zero-order valence-electron chi connectivity index (χ0n) is 15.4. The minimum atomic E-state index is -0.431. The van der Waals surface area contributed by atoms with E-state index in [-0.39, 0.29) is 5.69 Å². The average Bonchev–Trinajstić information content (AvgIpc) is 3.37. The van der Waals surface area contributed by atoms with Gasteiger partial charge in [-0.05, 0) is 31.0 Å². The van der Waals surface area contributed by atoms with Gasteiger partial charge in [-0.25, -0.2) is 14.6 Å². The molecule has 1 saturated carbocycles. The number of aromatic nitrogens is 4. The molecule has 3 aromatic rings. The van der Waals surface area contributed by atoms with Gasteiger partial charge >= 0.3 is 11.7 Å². The van der Waals surface area contributed by atoms with E-state index in [0.29, 0.717) is 36.8 Å². The molecule has 0 spiro atoms. The first-order valence-corrected chi connectivity index (χ1v) is 8.96. The molecule has 0 amide bonds. The molecule has 0 unspecified atom stereocenters. The lowest BCUT2D eigenvalue weighted by Gasteiger charge is -2.07. The minimum absolute atomic E-state index is 0.144. The fourth-order valence-electron chi connectivity index (χ4n) is 3.41. The quantitative estimate of drug-likeness (QED) is 0.593. The molecule has 0 atom stereocenters. The van der Waals surface area contributed by atoms with Crippen LogP contribution in [0.15, 0.2) is 35.4 Å². The van der Waals surface area contributed by atoms with Crippen molar-refractivity contribution < 1.29 is 14.3 Å². The summed E-state index contributed by atoms with van der Waals surface area (Å²) >= 11 is 0. The molecular formula is C19H22N4O4. The average molecular weight is 370 g/mol. The van der Waals surface area contributed by atoms with E-state index in [1.165, 1.54) is 7.11 Å². The van der Waals surface area contributed by atoms with Crippen molar-refractivity contribution in [2.75, 3.05) is 20.8 Å². The second-order valence-electron chi connectivity index (χ2n) is 6.69. The Balaban J connectivity index is 1.83. The van der Waals surface area contributed by atoms with Crippen LogP contribution < -0.4 is 5.69 Å². The molecule has 8 nitrogen and oxygen atoms in total. The number of imidazole rings is 2. The topological polar surface area (TPSA) is 80.3 Å². The first-order valence-electron chi connectivity index (χ1n) is 8.96. The van der Waals surface area contributed by atoms with Crippen molar-refractivity contribution in [1.29, 1.82) is 0 Å². The predicted molar refractivity (Wildman–Crippen MR) is 99.0 cm³/mol. The van der Waals surface area contributed by atoms with Gasteiger partial charge in [-0.3, -0.25) is 9.13 Å². The second-order valence-corrected chi connectivity index (χ2v) is 6.69. The highest BCUT2D eigenvalue weighted by Gasteiger charge is 2.26. The van der Waals surface area contributed by atoms with Gasteiger partial charge < -0.3 is 14.0 Å². The Hall–Kier alpha value is -2.87. The van der Waals surface area contributed by atoms with Gasteiger partial charge in [-0.1, -0.05) is 0 Å². The molecule has 0 saturated heterocycles. The molecule has 8 heteroatoms. The number of fused-ring (bicyclic) bond motifs is 1. The van der Waals surface area contributed by atoms with Crippen LogP contribution in [0.3, 0.4) is 0 Å². The Labute approximate surface area is 155 Å². The number of carbonyl (C=O) groups is 1. The number of esters is 1. The number of hydrogen-bond donors (Lipinski definition) is 0. The van der Waals surface area contributed by atoms with Gasteiger partial charge in [0.05, 0.1) is 43.4 Å². The molecule has 142 valence electrons. The number of ether oxygens (including phenoxy) is 2. The highest BCUT2D eigenvalue weighted by molar-refractivity contribution is 5.93. The zero-order chi connectivity index (χ0) is 19.0. The SMILES string of the molecule is COCCn1c(=O)n(Cc2nccn2C2CC2)c2cc(C(=O)OC)ccc21. The third kappa shape index (κ3) is 3.16. The molecule has 1 aromatic carbocycles. The summed E-state index contributed by atoms with van der Waals surface area (Å²) in [7, 11) is 2.95. The lowest BCUT2D eigenvalue weighted by Crippen LogP contribution is -2.27. The molecule has 2 heterocycles. The molecule has 0 bridgehead atoms. The molecule has 4 rings (SSSR count). The van der Waals surface area contributed by atoms with Crippen molar-refractivity contribution in [1.82, 2.24) is 18.7 Å². The summed E-state index contributed by atoms with van der Waals surface area (Å²) in [6, 6.07) is 5.64. The molecule has 1 fully saturated rings. The van der Waals surface area contributed by atoms with E-state index in [9.17, 15) is 9.59 Å². The highest BCUT2D eigenvalue weighted by atomic mass is 16.5. The summed E-state index contributed by atoms with van der Waals surface area (Å²) in [4.78, 5) is 29.5. The number of rotatable bonds is 7. The van der Waals surface area contributed by atoms with Crippen LogP contribution in [-0.4, -0.2) is 45.5 Å². The fraction of sp³-hybridized carbons (Fsp3) is 0.421. The van der Waals surface area contributed by atoms with Crippen molar-refractivity contribution in [2.24, 2.45) is 0 Å². The smallest absolute Gasteiger partial charge is 0.337 e.